The van der Waals surface area contributed by atoms with Crippen LogP contribution in [-0.4, -0.2) is 26.3 Å². The summed E-state index contributed by atoms with van der Waals surface area (Å²) in [5, 5.41) is 3.22. The first kappa shape index (κ1) is 17.6. The highest BCUT2D eigenvalue weighted by Crippen LogP contribution is 2.37. The van der Waals surface area contributed by atoms with Crippen LogP contribution < -0.4 is 10.2 Å². The molecule has 25 heavy (non-hydrogen) atoms. The predicted molar refractivity (Wildman–Crippen MR) is 102 cm³/mol. The van der Waals surface area contributed by atoms with E-state index in [4.69, 9.17) is 16.3 Å². The van der Waals surface area contributed by atoms with Crippen LogP contribution in [0.5, 0.6) is 0 Å². The standard InChI is InChI=1S/C20H23ClN2O2/c1-22-20(24)25-13-5-4-12-23-18-7-3-2-6-15(18)8-9-16-10-11-17(21)14-19(16)23/h2-3,6-7,10-11,14H,4-5,8-9,12-13H2,1H3,(H,22,24). The molecule has 0 spiro atoms. The van der Waals surface area contributed by atoms with Crippen molar-refractivity contribution in [1.29, 1.82) is 0 Å². The molecule has 3 rings (SSSR count). The number of halogens is 1. The molecule has 1 aliphatic heterocycles. The van der Waals surface area contributed by atoms with Gasteiger partial charge in [0.05, 0.1) is 6.61 Å². The van der Waals surface area contributed by atoms with Gasteiger partial charge >= 0.3 is 6.09 Å². The maximum atomic E-state index is 11.1. The first-order chi connectivity index (χ1) is 12.2. The minimum Gasteiger partial charge on any atom is -0.450 e. The molecule has 0 saturated carbocycles. The molecule has 0 bridgehead atoms. The molecular weight excluding hydrogens is 336 g/mol. The van der Waals surface area contributed by atoms with Gasteiger partial charge in [-0.1, -0.05) is 35.9 Å². The van der Waals surface area contributed by atoms with E-state index in [1.165, 1.54) is 22.5 Å². The van der Waals surface area contributed by atoms with Crippen LogP contribution in [0, 0.1) is 0 Å². The van der Waals surface area contributed by atoms with Gasteiger partial charge in [-0.05, 0) is 55.0 Å². The number of aryl methyl sites for hydroxylation is 2. The van der Waals surface area contributed by atoms with Crippen LogP contribution >= 0.6 is 11.6 Å². The highest BCUT2D eigenvalue weighted by atomic mass is 35.5. The van der Waals surface area contributed by atoms with Gasteiger partial charge in [0.2, 0.25) is 0 Å². The van der Waals surface area contributed by atoms with Gasteiger partial charge in [0.1, 0.15) is 0 Å². The molecule has 5 heteroatoms. The summed E-state index contributed by atoms with van der Waals surface area (Å²) in [5.74, 6) is 0. The Kier molecular flexibility index (Phi) is 5.82. The van der Waals surface area contributed by atoms with Crippen molar-refractivity contribution >= 4 is 29.1 Å². The number of unbranched alkanes of at least 4 members (excludes halogenated alkanes) is 1. The third-order valence-corrected chi connectivity index (χ3v) is 4.73. The number of nitrogens with zero attached hydrogens (tertiary/aromatic N) is 1. The van der Waals surface area contributed by atoms with Gasteiger partial charge in [0, 0.05) is 30.0 Å². The minimum absolute atomic E-state index is 0.378. The molecule has 132 valence electrons. The van der Waals surface area contributed by atoms with E-state index in [0.29, 0.717) is 6.61 Å². The molecule has 1 amide bonds. The van der Waals surface area contributed by atoms with E-state index < -0.39 is 0 Å². The molecule has 0 fully saturated rings. The molecule has 0 atom stereocenters. The number of benzene rings is 2. The molecule has 0 aromatic heterocycles. The molecule has 1 aliphatic rings. The number of amides is 1. The summed E-state index contributed by atoms with van der Waals surface area (Å²) in [4.78, 5) is 13.5. The summed E-state index contributed by atoms with van der Waals surface area (Å²) in [6, 6.07) is 14.7. The molecule has 1 heterocycles. The number of carbonyl (C=O) groups excluding carboxylic acids is 1. The molecule has 0 aliphatic carbocycles. The minimum atomic E-state index is -0.378. The fraction of sp³-hybridized carbons (Fsp3) is 0.350. The highest BCUT2D eigenvalue weighted by molar-refractivity contribution is 6.30. The van der Waals surface area contributed by atoms with Crippen molar-refractivity contribution in [3.05, 3.63) is 58.6 Å². The number of hydrogen-bond donors (Lipinski definition) is 1. The van der Waals surface area contributed by atoms with Crippen LogP contribution in [0.1, 0.15) is 24.0 Å². The van der Waals surface area contributed by atoms with Crippen molar-refractivity contribution in [1.82, 2.24) is 5.32 Å². The van der Waals surface area contributed by atoms with Gasteiger partial charge in [0.15, 0.2) is 0 Å². The van der Waals surface area contributed by atoms with Crippen LogP contribution in [-0.2, 0) is 17.6 Å². The number of fused-ring (bicyclic) bond motifs is 2. The van der Waals surface area contributed by atoms with Gasteiger partial charge in [-0.15, -0.1) is 0 Å². The van der Waals surface area contributed by atoms with Crippen molar-refractivity contribution in [2.24, 2.45) is 0 Å². The van der Waals surface area contributed by atoms with Gasteiger partial charge in [-0.2, -0.15) is 0 Å². The zero-order valence-electron chi connectivity index (χ0n) is 14.4. The monoisotopic (exact) mass is 358 g/mol. The summed E-state index contributed by atoms with van der Waals surface area (Å²) < 4.78 is 5.07. The maximum Gasteiger partial charge on any atom is 0.406 e. The lowest BCUT2D eigenvalue weighted by Gasteiger charge is -2.27. The zero-order chi connectivity index (χ0) is 17.6. The molecule has 1 N–H and O–H groups in total. The number of alkyl carbamates (subject to hydrolysis) is 1. The van der Waals surface area contributed by atoms with E-state index in [0.717, 1.165) is 37.3 Å². The second kappa shape index (κ2) is 8.26. The third-order valence-electron chi connectivity index (χ3n) is 4.50. The van der Waals surface area contributed by atoms with E-state index >= 15 is 0 Å². The summed E-state index contributed by atoms with van der Waals surface area (Å²) >= 11 is 6.27. The number of anilines is 2. The Morgan fingerprint density at radius 2 is 1.88 bits per heavy atom. The Labute approximate surface area is 153 Å². The topological polar surface area (TPSA) is 41.6 Å². The summed E-state index contributed by atoms with van der Waals surface area (Å²) in [6.45, 7) is 1.29. The lowest BCUT2D eigenvalue weighted by molar-refractivity contribution is 0.146. The second-order valence-electron chi connectivity index (χ2n) is 6.15. The van der Waals surface area contributed by atoms with Crippen LogP contribution in [0.4, 0.5) is 16.2 Å². The molecular formula is C20H23ClN2O2. The molecule has 2 aromatic carbocycles. The average molecular weight is 359 g/mol. The largest absolute Gasteiger partial charge is 0.450 e. The average Bonchev–Trinajstić information content (AvgIpc) is 2.78. The molecule has 0 saturated heterocycles. The maximum absolute atomic E-state index is 11.1. The van der Waals surface area contributed by atoms with Crippen LogP contribution in [0.25, 0.3) is 0 Å². The molecule has 0 unspecified atom stereocenters. The first-order valence-electron chi connectivity index (χ1n) is 8.67. The van der Waals surface area contributed by atoms with Gasteiger partial charge in [0.25, 0.3) is 0 Å². The lowest BCUT2D eigenvalue weighted by Crippen LogP contribution is -2.22. The number of rotatable bonds is 5. The van der Waals surface area contributed by atoms with Gasteiger partial charge in [-0.25, -0.2) is 4.79 Å². The summed E-state index contributed by atoms with van der Waals surface area (Å²) in [7, 11) is 1.57. The van der Waals surface area contributed by atoms with Gasteiger partial charge < -0.3 is 15.0 Å². The van der Waals surface area contributed by atoms with E-state index in [1.807, 2.05) is 6.07 Å². The van der Waals surface area contributed by atoms with E-state index in [9.17, 15) is 4.79 Å². The Bertz CT molecular complexity index is 748. The summed E-state index contributed by atoms with van der Waals surface area (Å²) in [6.07, 6.45) is 3.41. The first-order valence-corrected chi connectivity index (χ1v) is 9.05. The number of hydrogen-bond acceptors (Lipinski definition) is 3. The third kappa shape index (κ3) is 4.26. The zero-order valence-corrected chi connectivity index (χ0v) is 15.2. The normalized spacial score (nSPS) is 12.8. The summed E-state index contributed by atoms with van der Waals surface area (Å²) in [5.41, 5.74) is 5.11. The SMILES string of the molecule is CNC(=O)OCCCCN1c2ccccc2CCc2ccc(Cl)cc21. The van der Waals surface area contributed by atoms with E-state index in [-0.39, 0.29) is 6.09 Å². The fourth-order valence-corrected chi connectivity index (χ4v) is 3.40. The second-order valence-corrected chi connectivity index (χ2v) is 6.58. The van der Waals surface area contributed by atoms with Crippen LogP contribution in [0.2, 0.25) is 5.02 Å². The Morgan fingerprint density at radius 3 is 2.68 bits per heavy atom. The van der Waals surface area contributed by atoms with Crippen molar-refractivity contribution in [3.63, 3.8) is 0 Å². The van der Waals surface area contributed by atoms with Gasteiger partial charge in [-0.3, -0.25) is 0 Å². The predicted octanol–water partition coefficient (Wildman–Crippen LogP) is 4.71. The smallest absolute Gasteiger partial charge is 0.406 e. The van der Waals surface area contributed by atoms with Crippen molar-refractivity contribution in [3.8, 4) is 0 Å². The number of ether oxygens (including phenoxy) is 1. The molecule has 2 aromatic rings. The Hall–Kier alpha value is -2.20. The van der Waals surface area contributed by atoms with Crippen LogP contribution in [0.15, 0.2) is 42.5 Å². The van der Waals surface area contributed by atoms with E-state index in [2.05, 4.69) is 46.6 Å². The quantitative estimate of drug-likeness (QED) is 0.787. The Balaban J connectivity index is 1.77. The fourth-order valence-electron chi connectivity index (χ4n) is 3.23. The van der Waals surface area contributed by atoms with Crippen LogP contribution in [0.3, 0.4) is 0 Å². The van der Waals surface area contributed by atoms with Crippen molar-refractivity contribution in [2.45, 2.75) is 25.7 Å². The molecule has 0 radical (unpaired) electrons. The number of carbonyl (C=O) groups is 1. The lowest BCUT2D eigenvalue weighted by atomic mass is 10.0. The number of nitrogens with one attached hydrogen (secondary N) is 1. The molecule has 4 nitrogen and oxygen atoms in total. The van der Waals surface area contributed by atoms with E-state index in [1.54, 1.807) is 7.05 Å². The highest BCUT2D eigenvalue weighted by Gasteiger charge is 2.20. The van der Waals surface area contributed by atoms with Crippen molar-refractivity contribution < 1.29 is 9.53 Å². The Morgan fingerprint density at radius 1 is 1.12 bits per heavy atom. The van der Waals surface area contributed by atoms with Crippen molar-refractivity contribution in [2.75, 3.05) is 25.1 Å². The number of para-hydroxylation sites is 1.